The fourth-order valence-corrected chi connectivity index (χ4v) is 2.58. The van der Waals surface area contributed by atoms with Crippen LogP contribution in [-0.2, 0) is 6.42 Å². The van der Waals surface area contributed by atoms with Crippen molar-refractivity contribution in [3.8, 4) is 5.75 Å². The molecule has 0 aromatic heterocycles. The van der Waals surface area contributed by atoms with Gasteiger partial charge in [0, 0.05) is 30.2 Å². The summed E-state index contributed by atoms with van der Waals surface area (Å²) in [5.41, 5.74) is 10.2. The van der Waals surface area contributed by atoms with Gasteiger partial charge in [-0.25, -0.2) is 0 Å². The molecule has 0 spiro atoms. The Morgan fingerprint density at radius 1 is 1.32 bits per heavy atom. The molecule has 0 atom stereocenters. The molecule has 0 unspecified atom stereocenters. The van der Waals surface area contributed by atoms with E-state index in [9.17, 15) is 0 Å². The molecule has 6 heteroatoms. The molecule has 150 valence electrons. The Balaban J connectivity index is 0.000000292. The predicted molar refractivity (Wildman–Crippen MR) is 123 cm³/mol. The zero-order valence-electron chi connectivity index (χ0n) is 16.7. The van der Waals surface area contributed by atoms with Crippen LogP contribution in [0.1, 0.15) is 23.6 Å². The molecule has 0 radical (unpaired) electrons. The number of hydrogen-bond donors (Lipinski definition) is 2. The van der Waals surface area contributed by atoms with E-state index in [4.69, 9.17) is 33.7 Å². The highest BCUT2D eigenvalue weighted by atomic mass is 35.5. The van der Waals surface area contributed by atoms with Crippen molar-refractivity contribution in [2.45, 2.75) is 20.3 Å². The lowest BCUT2D eigenvalue weighted by Gasteiger charge is -2.09. The van der Waals surface area contributed by atoms with Crippen molar-refractivity contribution in [2.24, 2.45) is 4.99 Å². The maximum absolute atomic E-state index is 5.89. The van der Waals surface area contributed by atoms with Crippen molar-refractivity contribution in [3.63, 3.8) is 0 Å². The van der Waals surface area contributed by atoms with Crippen LogP contribution in [0.4, 0.5) is 5.69 Å². The molecular formula is C22H27Cl2N3O. The molecule has 4 nitrogen and oxygen atoms in total. The van der Waals surface area contributed by atoms with Gasteiger partial charge in [0.05, 0.1) is 17.8 Å². The van der Waals surface area contributed by atoms with Crippen LogP contribution in [0.2, 0.25) is 5.02 Å². The van der Waals surface area contributed by atoms with Crippen LogP contribution in [0.5, 0.6) is 5.75 Å². The number of methoxy groups -OCH3 is 1. The number of anilines is 1. The van der Waals surface area contributed by atoms with Crippen molar-refractivity contribution in [3.05, 3.63) is 81.6 Å². The van der Waals surface area contributed by atoms with Gasteiger partial charge < -0.3 is 15.8 Å². The third kappa shape index (κ3) is 7.67. The van der Waals surface area contributed by atoms with E-state index >= 15 is 0 Å². The van der Waals surface area contributed by atoms with Gasteiger partial charge in [-0.2, -0.15) is 0 Å². The van der Waals surface area contributed by atoms with Crippen molar-refractivity contribution >= 4 is 35.1 Å². The lowest BCUT2D eigenvalue weighted by Crippen LogP contribution is -1.96. The third-order valence-electron chi connectivity index (χ3n) is 3.81. The maximum atomic E-state index is 5.89. The number of aliphatic imine (C=N–C) groups is 1. The van der Waals surface area contributed by atoms with E-state index in [-0.39, 0.29) is 0 Å². The van der Waals surface area contributed by atoms with Crippen LogP contribution in [0.25, 0.3) is 0 Å². The molecule has 0 heterocycles. The number of nitrogen functional groups attached to an aromatic ring is 1. The number of nitrogens with two attached hydrogens (primary N) is 1. The summed E-state index contributed by atoms with van der Waals surface area (Å²) in [4.78, 5) is 4.14. The van der Waals surface area contributed by atoms with Gasteiger partial charge in [-0.3, -0.25) is 4.99 Å². The number of benzene rings is 2. The summed E-state index contributed by atoms with van der Waals surface area (Å²) in [5, 5.41) is 3.95. The van der Waals surface area contributed by atoms with E-state index in [2.05, 4.69) is 23.8 Å². The lowest BCUT2D eigenvalue weighted by molar-refractivity contribution is 0.410. The second kappa shape index (κ2) is 12.1. The van der Waals surface area contributed by atoms with Crippen molar-refractivity contribution in [1.82, 2.24) is 5.32 Å². The van der Waals surface area contributed by atoms with Crippen LogP contribution < -0.4 is 15.8 Å². The maximum Gasteiger partial charge on any atom is 0.122 e. The average molecular weight is 420 g/mol. The third-order valence-corrected chi connectivity index (χ3v) is 4.38. The molecule has 0 saturated carbocycles. The molecule has 2 rings (SSSR count). The van der Waals surface area contributed by atoms with Crippen molar-refractivity contribution in [1.29, 1.82) is 0 Å². The summed E-state index contributed by atoms with van der Waals surface area (Å²) >= 11 is 11.7. The summed E-state index contributed by atoms with van der Waals surface area (Å²) < 4.78 is 5.22. The van der Waals surface area contributed by atoms with E-state index in [1.807, 2.05) is 43.3 Å². The van der Waals surface area contributed by atoms with Gasteiger partial charge in [-0.15, -0.1) is 0 Å². The minimum Gasteiger partial charge on any atom is -0.496 e. The Morgan fingerprint density at radius 3 is 2.61 bits per heavy atom. The van der Waals surface area contributed by atoms with Gasteiger partial charge in [0.2, 0.25) is 0 Å². The quantitative estimate of drug-likeness (QED) is 0.357. The molecule has 0 aliphatic rings. The Bertz CT molecular complexity index is 832. The summed E-state index contributed by atoms with van der Waals surface area (Å²) in [6.07, 6.45) is 4.24. The summed E-state index contributed by atoms with van der Waals surface area (Å²) in [6.45, 7) is 7.81. The van der Waals surface area contributed by atoms with Gasteiger partial charge in [0.1, 0.15) is 5.75 Å². The number of rotatable bonds is 6. The molecule has 0 amide bonds. The molecule has 0 aliphatic heterocycles. The number of allylic oxidation sites excluding steroid dienone is 1. The number of halogens is 2. The molecule has 0 fully saturated rings. The largest absolute Gasteiger partial charge is 0.496 e. The van der Waals surface area contributed by atoms with E-state index < -0.39 is 0 Å². The Kier molecular flexibility index (Phi) is 10.2. The molecule has 0 bridgehead atoms. The lowest BCUT2D eigenvalue weighted by atomic mass is 10.1. The van der Waals surface area contributed by atoms with Gasteiger partial charge in [0.25, 0.3) is 0 Å². The first kappa shape index (κ1) is 23.6. The molecule has 0 saturated heterocycles. The predicted octanol–water partition coefficient (Wildman–Crippen LogP) is 5.72. The van der Waals surface area contributed by atoms with Crippen LogP contribution in [-0.4, -0.2) is 20.4 Å². The average Bonchev–Trinajstić information content (AvgIpc) is 2.68. The topological polar surface area (TPSA) is 59.6 Å². The van der Waals surface area contributed by atoms with E-state index in [0.29, 0.717) is 15.8 Å². The van der Waals surface area contributed by atoms with Gasteiger partial charge >= 0.3 is 0 Å². The fourth-order valence-electron chi connectivity index (χ4n) is 2.22. The normalized spacial score (nSPS) is 11.0. The summed E-state index contributed by atoms with van der Waals surface area (Å²) in [5.74, 6) is 0.934. The smallest absolute Gasteiger partial charge is 0.122 e. The molecule has 2 aromatic carbocycles. The Hall–Kier alpha value is -2.43. The number of nitrogens with one attached hydrogen (secondary N) is 1. The highest BCUT2D eigenvalue weighted by Crippen LogP contribution is 2.24. The molecule has 0 aliphatic carbocycles. The number of nitrogens with zero attached hydrogens (tertiary/aromatic N) is 1. The monoisotopic (exact) mass is 419 g/mol. The molecule has 2 aromatic rings. The molecular weight excluding hydrogens is 393 g/mol. The van der Waals surface area contributed by atoms with Crippen LogP contribution in [0, 0.1) is 6.92 Å². The first-order valence-electron chi connectivity index (χ1n) is 8.77. The van der Waals surface area contributed by atoms with Crippen LogP contribution in [0.15, 0.2) is 64.9 Å². The van der Waals surface area contributed by atoms with Crippen LogP contribution >= 0.6 is 23.2 Å². The van der Waals surface area contributed by atoms with Gasteiger partial charge in [-0.1, -0.05) is 48.8 Å². The number of hydrogen-bond acceptors (Lipinski definition) is 4. The molecule has 3 N–H and O–H groups in total. The Labute approximate surface area is 177 Å². The van der Waals surface area contributed by atoms with Crippen molar-refractivity contribution in [2.75, 3.05) is 19.9 Å². The second-order valence-corrected chi connectivity index (χ2v) is 6.76. The van der Waals surface area contributed by atoms with E-state index in [0.717, 1.165) is 29.0 Å². The van der Waals surface area contributed by atoms with Crippen molar-refractivity contribution < 1.29 is 4.74 Å². The Morgan fingerprint density at radius 2 is 2.04 bits per heavy atom. The van der Waals surface area contributed by atoms with Crippen LogP contribution in [0.3, 0.4) is 0 Å². The first-order chi connectivity index (χ1) is 13.3. The first-order valence-corrected chi connectivity index (χ1v) is 9.52. The number of ether oxygens (including phenoxy) is 1. The van der Waals surface area contributed by atoms with E-state index in [1.165, 1.54) is 5.56 Å². The highest BCUT2D eigenvalue weighted by Gasteiger charge is 2.03. The minimum absolute atomic E-state index is 0.473. The summed E-state index contributed by atoms with van der Waals surface area (Å²) in [7, 11) is 3.44. The zero-order valence-corrected chi connectivity index (χ0v) is 18.2. The van der Waals surface area contributed by atoms with Gasteiger partial charge in [-0.05, 0) is 54.3 Å². The highest BCUT2D eigenvalue weighted by molar-refractivity contribution is 6.32. The SMILES string of the molecule is C=C(N=Cc1cccc(Cl)c1)/C(Cl)=C\NC.CCc1cc(N)c(C)cc1OC. The fraction of sp³-hybridized carbons (Fsp3) is 0.227. The second-order valence-electron chi connectivity index (χ2n) is 5.92. The van der Waals surface area contributed by atoms with Gasteiger partial charge in [0.15, 0.2) is 0 Å². The number of aryl methyl sites for hydroxylation is 2. The minimum atomic E-state index is 0.473. The molecule has 28 heavy (non-hydrogen) atoms. The van der Waals surface area contributed by atoms with E-state index in [1.54, 1.807) is 26.6 Å². The summed E-state index contributed by atoms with van der Waals surface area (Å²) in [6, 6.07) is 11.3. The standard InChI is InChI=1S/C12H12Cl2N2.C10H15NO/c1-9(12(14)8-15-2)16-7-10-4-3-5-11(13)6-10;1-4-8-6-9(11)7(2)5-10(8)12-3/h3-8,15H,1H2,2H3;5-6H,4,11H2,1-3H3/b12-8+,16-7?;. The zero-order chi connectivity index (χ0) is 21.1.